The Morgan fingerprint density at radius 2 is 1.74 bits per heavy atom. The van der Waals surface area contributed by atoms with E-state index in [1.807, 2.05) is 11.2 Å². The van der Waals surface area contributed by atoms with Crippen molar-refractivity contribution in [1.29, 1.82) is 0 Å². The van der Waals surface area contributed by atoms with Crippen molar-refractivity contribution in [3.63, 3.8) is 0 Å². The third-order valence-corrected chi connectivity index (χ3v) is 4.14. The van der Waals surface area contributed by atoms with E-state index in [1.165, 1.54) is 0 Å². The number of rotatable bonds is 6. The molecule has 0 aliphatic rings. The second-order valence-electron chi connectivity index (χ2n) is 6.30. The van der Waals surface area contributed by atoms with E-state index in [-0.39, 0.29) is 11.5 Å². The molecular weight excluding hydrogens is 490 g/mol. The number of imide groups is 1. The zero-order chi connectivity index (χ0) is 25.5. The molecule has 0 aliphatic heterocycles. The third kappa shape index (κ3) is 7.60. The Balaban J connectivity index is 2.11. The van der Waals surface area contributed by atoms with E-state index in [1.54, 1.807) is 5.32 Å². The number of terminal acetylenes is 1. The average Bonchev–Trinajstić information content (AvgIpc) is 2.73. The SMILES string of the molecule is C#C/C=C(Oc1ccc(NC(=O)NC(=O)c2c(F)cccc2F)c(F)c1)\C(Cl)=C/CC(F)(F)F. The fourth-order valence-electron chi connectivity index (χ4n) is 2.35. The molecule has 2 aromatic rings. The molecule has 0 unspecified atom stereocenters. The van der Waals surface area contributed by atoms with Crippen molar-refractivity contribution in [1.82, 2.24) is 5.32 Å². The molecule has 0 saturated heterocycles. The van der Waals surface area contributed by atoms with E-state index in [4.69, 9.17) is 22.8 Å². The van der Waals surface area contributed by atoms with Gasteiger partial charge in [-0.1, -0.05) is 29.7 Å². The normalized spacial score (nSPS) is 12.1. The quantitative estimate of drug-likeness (QED) is 0.219. The molecule has 0 heterocycles. The Bertz CT molecular complexity index is 1180. The molecule has 5 nitrogen and oxygen atoms in total. The van der Waals surface area contributed by atoms with Crippen molar-refractivity contribution in [3.05, 3.63) is 82.4 Å². The molecule has 0 saturated carbocycles. The number of carbonyl (C=O) groups excluding carboxylic acids is 2. The predicted molar refractivity (Wildman–Crippen MR) is 111 cm³/mol. The van der Waals surface area contributed by atoms with Crippen molar-refractivity contribution < 1.29 is 40.7 Å². The molecule has 34 heavy (non-hydrogen) atoms. The summed E-state index contributed by atoms with van der Waals surface area (Å²) in [5.41, 5.74) is -1.47. The first-order chi connectivity index (χ1) is 15.9. The summed E-state index contributed by atoms with van der Waals surface area (Å²) in [5.74, 6) is -3.51. The number of amides is 3. The maximum absolute atomic E-state index is 14.4. The molecule has 0 radical (unpaired) electrons. The molecule has 0 atom stereocenters. The number of allylic oxidation sites excluding steroid dienone is 3. The van der Waals surface area contributed by atoms with Gasteiger partial charge in [0.2, 0.25) is 0 Å². The van der Waals surface area contributed by atoms with Crippen LogP contribution >= 0.6 is 11.6 Å². The van der Waals surface area contributed by atoms with Gasteiger partial charge in [-0.25, -0.2) is 18.0 Å². The van der Waals surface area contributed by atoms with Gasteiger partial charge in [0.15, 0.2) is 5.76 Å². The first kappa shape index (κ1) is 26.3. The Kier molecular flexibility index (Phi) is 8.75. The highest BCUT2D eigenvalue weighted by atomic mass is 35.5. The first-order valence-electron chi connectivity index (χ1n) is 9.04. The Hall–Kier alpha value is -3.91. The van der Waals surface area contributed by atoms with Gasteiger partial charge in [-0.3, -0.25) is 10.1 Å². The number of carbonyl (C=O) groups is 2. The van der Waals surface area contributed by atoms with Crippen LogP contribution in [0.4, 0.5) is 36.8 Å². The summed E-state index contributed by atoms with van der Waals surface area (Å²) < 4.78 is 83.9. The van der Waals surface area contributed by atoms with Crippen LogP contribution in [0.3, 0.4) is 0 Å². The summed E-state index contributed by atoms with van der Waals surface area (Å²) in [6, 6.07) is 4.17. The molecule has 2 N–H and O–H groups in total. The van der Waals surface area contributed by atoms with E-state index in [0.29, 0.717) is 6.08 Å². The number of nitrogens with one attached hydrogen (secondary N) is 2. The largest absolute Gasteiger partial charge is 0.455 e. The standard InChI is InChI=1S/C22H13ClF6N2O3/c1-2-4-18(13(23)9-10-22(27,28)29)34-12-7-8-17(16(26)11-12)30-21(33)31-20(32)19-14(24)5-3-6-15(19)25/h1,3-9,11H,10H2,(H2,30,31,32,33)/b13-9+,18-4+. The highest BCUT2D eigenvalue weighted by Gasteiger charge is 2.26. The number of hydrogen-bond donors (Lipinski definition) is 2. The van der Waals surface area contributed by atoms with Crippen LogP contribution in [0.5, 0.6) is 5.75 Å². The van der Waals surface area contributed by atoms with Crippen LogP contribution in [0.15, 0.2) is 59.3 Å². The Morgan fingerprint density at radius 3 is 2.29 bits per heavy atom. The number of ether oxygens (including phenoxy) is 1. The molecular formula is C22H13ClF6N2O3. The van der Waals surface area contributed by atoms with Gasteiger partial charge in [-0.15, -0.1) is 6.42 Å². The van der Waals surface area contributed by atoms with Gasteiger partial charge in [-0.2, -0.15) is 13.2 Å². The average molecular weight is 503 g/mol. The monoisotopic (exact) mass is 502 g/mol. The molecule has 0 aromatic heterocycles. The summed E-state index contributed by atoms with van der Waals surface area (Å²) in [7, 11) is 0. The lowest BCUT2D eigenvalue weighted by Crippen LogP contribution is -2.35. The van der Waals surface area contributed by atoms with Gasteiger partial charge in [0.1, 0.15) is 28.8 Å². The van der Waals surface area contributed by atoms with Crippen molar-refractivity contribution in [3.8, 4) is 18.1 Å². The van der Waals surface area contributed by atoms with Crippen LogP contribution in [0.25, 0.3) is 0 Å². The lowest BCUT2D eigenvalue weighted by molar-refractivity contribution is -0.125. The summed E-state index contributed by atoms with van der Waals surface area (Å²) in [6.07, 6.45) is 0.730. The van der Waals surface area contributed by atoms with Gasteiger partial charge >= 0.3 is 12.2 Å². The topological polar surface area (TPSA) is 67.4 Å². The summed E-state index contributed by atoms with van der Waals surface area (Å²) in [5, 5.41) is 3.13. The molecule has 2 rings (SSSR count). The smallest absolute Gasteiger partial charge is 0.392 e. The summed E-state index contributed by atoms with van der Waals surface area (Å²) in [6.45, 7) is 0. The molecule has 3 amide bonds. The highest BCUT2D eigenvalue weighted by Crippen LogP contribution is 2.28. The van der Waals surface area contributed by atoms with Crippen LogP contribution in [-0.2, 0) is 0 Å². The van der Waals surface area contributed by atoms with Gasteiger partial charge < -0.3 is 10.1 Å². The van der Waals surface area contributed by atoms with Gasteiger partial charge in [0.25, 0.3) is 5.91 Å². The second-order valence-corrected chi connectivity index (χ2v) is 6.70. The minimum atomic E-state index is -4.53. The zero-order valence-corrected chi connectivity index (χ0v) is 17.5. The highest BCUT2D eigenvalue weighted by molar-refractivity contribution is 6.31. The van der Waals surface area contributed by atoms with Crippen molar-refractivity contribution >= 4 is 29.2 Å². The predicted octanol–water partition coefficient (Wildman–Crippen LogP) is 6.04. The Labute approximate surface area is 194 Å². The number of alkyl halides is 3. The molecule has 0 bridgehead atoms. The number of hydrogen-bond acceptors (Lipinski definition) is 3. The van der Waals surface area contributed by atoms with Gasteiger partial charge in [0.05, 0.1) is 17.1 Å². The zero-order valence-electron chi connectivity index (χ0n) is 16.8. The van der Waals surface area contributed by atoms with E-state index in [2.05, 4.69) is 0 Å². The summed E-state index contributed by atoms with van der Waals surface area (Å²) in [4.78, 5) is 23.8. The lowest BCUT2D eigenvalue weighted by atomic mass is 10.2. The number of anilines is 1. The van der Waals surface area contributed by atoms with E-state index in [9.17, 15) is 35.9 Å². The first-order valence-corrected chi connectivity index (χ1v) is 9.42. The van der Waals surface area contributed by atoms with Crippen molar-refractivity contribution in [2.24, 2.45) is 0 Å². The van der Waals surface area contributed by atoms with Crippen LogP contribution in [0, 0.1) is 29.8 Å². The number of halogens is 7. The maximum atomic E-state index is 14.4. The second kappa shape index (κ2) is 11.3. The van der Waals surface area contributed by atoms with Gasteiger partial charge in [0, 0.05) is 12.1 Å². The van der Waals surface area contributed by atoms with Crippen LogP contribution in [-0.4, -0.2) is 18.1 Å². The van der Waals surface area contributed by atoms with Crippen molar-refractivity contribution in [2.75, 3.05) is 5.32 Å². The fourth-order valence-corrected chi connectivity index (χ4v) is 2.52. The Morgan fingerprint density at radius 1 is 1.09 bits per heavy atom. The maximum Gasteiger partial charge on any atom is 0.392 e. The van der Waals surface area contributed by atoms with E-state index < -0.39 is 58.3 Å². The lowest BCUT2D eigenvalue weighted by Gasteiger charge is -2.12. The molecule has 0 spiro atoms. The fraction of sp³-hybridized carbons (Fsp3) is 0.0909. The third-order valence-electron chi connectivity index (χ3n) is 3.80. The molecule has 0 aliphatic carbocycles. The van der Waals surface area contributed by atoms with Crippen LogP contribution in [0.2, 0.25) is 0 Å². The van der Waals surface area contributed by atoms with Gasteiger partial charge in [-0.05, 0) is 24.3 Å². The molecule has 0 fully saturated rings. The number of benzene rings is 2. The van der Waals surface area contributed by atoms with Crippen LogP contribution in [0.1, 0.15) is 16.8 Å². The molecule has 2 aromatic carbocycles. The molecule has 12 heteroatoms. The number of urea groups is 1. The minimum absolute atomic E-state index is 0.243. The van der Waals surface area contributed by atoms with Crippen LogP contribution < -0.4 is 15.4 Å². The van der Waals surface area contributed by atoms with Crippen molar-refractivity contribution in [2.45, 2.75) is 12.6 Å². The van der Waals surface area contributed by atoms with E-state index in [0.717, 1.165) is 42.5 Å². The molecule has 178 valence electrons. The summed E-state index contributed by atoms with van der Waals surface area (Å²) >= 11 is 5.77. The van der Waals surface area contributed by atoms with E-state index >= 15 is 0 Å². The minimum Gasteiger partial charge on any atom is -0.455 e.